The van der Waals surface area contributed by atoms with Crippen LogP contribution in [0.3, 0.4) is 0 Å². The van der Waals surface area contributed by atoms with Crippen molar-refractivity contribution in [2.24, 2.45) is 0 Å². The van der Waals surface area contributed by atoms with Gasteiger partial charge in [0, 0.05) is 24.8 Å². The zero-order chi connectivity index (χ0) is 13.2. The summed E-state index contributed by atoms with van der Waals surface area (Å²) >= 11 is 0. The Morgan fingerprint density at radius 1 is 1.26 bits per heavy atom. The normalized spacial score (nSPS) is 22.6. The summed E-state index contributed by atoms with van der Waals surface area (Å²) in [5, 5.41) is 2.85. The van der Waals surface area contributed by atoms with Crippen molar-refractivity contribution < 1.29 is 8.78 Å². The lowest BCUT2D eigenvalue weighted by atomic mass is 9.81. The Morgan fingerprint density at radius 3 is 2.63 bits per heavy atom. The van der Waals surface area contributed by atoms with Gasteiger partial charge in [0.1, 0.15) is 5.82 Å². The molecule has 2 aliphatic rings. The van der Waals surface area contributed by atoms with Gasteiger partial charge in [-0.05, 0) is 30.4 Å². The highest BCUT2D eigenvalue weighted by Gasteiger charge is 2.47. The molecule has 100 valence electrons. The first-order chi connectivity index (χ1) is 9.02. The summed E-state index contributed by atoms with van der Waals surface area (Å²) in [4.78, 5) is 16.3. The lowest BCUT2D eigenvalue weighted by Crippen LogP contribution is -2.34. The summed E-state index contributed by atoms with van der Waals surface area (Å²) in [7, 11) is 0. The number of fused-ring (bicyclic) bond motifs is 1. The molecule has 4 rings (SSSR count). The van der Waals surface area contributed by atoms with E-state index in [0.717, 1.165) is 18.4 Å². The Hall–Kier alpha value is -1.72. The van der Waals surface area contributed by atoms with Crippen molar-refractivity contribution in [1.29, 1.82) is 0 Å². The fourth-order valence-electron chi connectivity index (χ4n) is 2.72. The van der Waals surface area contributed by atoms with Gasteiger partial charge in [0.15, 0.2) is 5.65 Å². The van der Waals surface area contributed by atoms with Gasteiger partial charge in [0.25, 0.3) is 5.56 Å². The van der Waals surface area contributed by atoms with E-state index in [1.165, 1.54) is 4.52 Å². The summed E-state index contributed by atoms with van der Waals surface area (Å²) in [5.41, 5.74) is 1.39. The maximum Gasteiger partial charge on any atom is 0.271 e. The quantitative estimate of drug-likeness (QED) is 0.906. The number of H-pyrrole nitrogens is 1. The molecule has 2 aliphatic carbocycles. The molecular weight excluding hydrogens is 252 g/mol. The number of aromatic nitrogens is 3. The third kappa shape index (κ3) is 1.77. The Kier molecular flexibility index (Phi) is 2.01. The fourth-order valence-corrected chi connectivity index (χ4v) is 2.72. The average Bonchev–Trinajstić information content (AvgIpc) is 3.06. The minimum absolute atomic E-state index is 0.163. The molecule has 2 aromatic heterocycles. The maximum absolute atomic E-state index is 12.9. The van der Waals surface area contributed by atoms with E-state index in [9.17, 15) is 13.6 Å². The standard InChI is InChI=1S/C13H13F2N3O/c14-13(15)5-9(6-13)12-16-10-3-8(7-1-2-7)4-11(19)18(10)17-12/h3-4,7,9H,1-2,5-6H2,(H,16,17). The molecule has 2 aromatic rings. The largest absolute Gasteiger partial charge is 0.276 e. The highest BCUT2D eigenvalue weighted by molar-refractivity contribution is 5.43. The zero-order valence-electron chi connectivity index (χ0n) is 10.2. The van der Waals surface area contributed by atoms with Gasteiger partial charge in [-0.25, -0.2) is 18.3 Å². The molecule has 0 unspecified atom stereocenters. The number of hydrogen-bond acceptors (Lipinski definition) is 2. The smallest absolute Gasteiger partial charge is 0.271 e. The van der Waals surface area contributed by atoms with Gasteiger partial charge in [-0.15, -0.1) is 0 Å². The average molecular weight is 265 g/mol. The number of halogens is 2. The Balaban J connectivity index is 1.75. The minimum Gasteiger partial charge on any atom is -0.276 e. The number of nitrogens with zero attached hydrogens (tertiary/aromatic N) is 2. The van der Waals surface area contributed by atoms with E-state index in [-0.39, 0.29) is 24.3 Å². The summed E-state index contributed by atoms with van der Waals surface area (Å²) in [6.45, 7) is 0. The fraction of sp³-hybridized carbons (Fsp3) is 0.538. The molecule has 0 spiro atoms. The van der Waals surface area contributed by atoms with Crippen LogP contribution in [-0.4, -0.2) is 20.5 Å². The van der Waals surface area contributed by atoms with E-state index >= 15 is 0 Å². The Labute approximate surface area is 107 Å². The van der Waals surface area contributed by atoms with E-state index in [1.807, 2.05) is 6.07 Å². The van der Waals surface area contributed by atoms with Crippen LogP contribution in [-0.2, 0) is 0 Å². The lowest BCUT2D eigenvalue weighted by molar-refractivity contribution is -0.0884. The van der Waals surface area contributed by atoms with Crippen LogP contribution in [0, 0.1) is 0 Å². The van der Waals surface area contributed by atoms with Gasteiger partial charge < -0.3 is 0 Å². The first-order valence-corrected chi connectivity index (χ1v) is 6.52. The first-order valence-electron chi connectivity index (χ1n) is 6.52. The van der Waals surface area contributed by atoms with Crippen LogP contribution in [0.2, 0.25) is 0 Å². The predicted molar refractivity (Wildman–Crippen MR) is 64.7 cm³/mol. The molecule has 2 saturated carbocycles. The molecule has 6 heteroatoms. The van der Waals surface area contributed by atoms with Gasteiger partial charge in [-0.2, -0.15) is 0 Å². The zero-order valence-corrected chi connectivity index (χ0v) is 10.2. The van der Waals surface area contributed by atoms with Crippen molar-refractivity contribution >= 4 is 5.65 Å². The second-order valence-electron chi connectivity index (χ2n) is 5.66. The molecule has 0 aromatic carbocycles. The van der Waals surface area contributed by atoms with Gasteiger partial charge in [-0.1, -0.05) is 0 Å². The first kappa shape index (κ1) is 11.1. The topological polar surface area (TPSA) is 50.2 Å². The molecule has 4 nitrogen and oxygen atoms in total. The van der Waals surface area contributed by atoms with Crippen LogP contribution < -0.4 is 5.56 Å². The molecule has 19 heavy (non-hydrogen) atoms. The van der Waals surface area contributed by atoms with Crippen LogP contribution >= 0.6 is 0 Å². The number of aromatic amines is 1. The van der Waals surface area contributed by atoms with Gasteiger partial charge >= 0.3 is 0 Å². The molecule has 2 fully saturated rings. The van der Waals surface area contributed by atoms with E-state index in [2.05, 4.69) is 10.1 Å². The Morgan fingerprint density at radius 2 is 2.00 bits per heavy atom. The third-order valence-electron chi connectivity index (χ3n) is 4.02. The SMILES string of the molecule is O=c1cc(C2CC2)cc2nc(C3CC(F)(F)C3)[nH]n12. The third-order valence-corrected chi connectivity index (χ3v) is 4.02. The van der Waals surface area contributed by atoms with Crippen molar-refractivity contribution in [2.45, 2.75) is 43.4 Å². The van der Waals surface area contributed by atoms with E-state index in [0.29, 0.717) is 17.4 Å². The van der Waals surface area contributed by atoms with Crippen LogP contribution in [0.25, 0.3) is 5.65 Å². The second-order valence-corrected chi connectivity index (χ2v) is 5.66. The molecule has 2 heterocycles. The maximum atomic E-state index is 12.9. The molecule has 0 saturated heterocycles. The molecule has 0 aliphatic heterocycles. The highest BCUT2D eigenvalue weighted by Crippen LogP contribution is 2.47. The number of rotatable bonds is 2. The van der Waals surface area contributed by atoms with Crippen molar-refractivity contribution in [3.05, 3.63) is 33.9 Å². The molecule has 0 bridgehead atoms. The van der Waals surface area contributed by atoms with Crippen molar-refractivity contribution in [1.82, 2.24) is 14.6 Å². The molecule has 1 N–H and O–H groups in total. The number of pyridine rings is 1. The number of alkyl halides is 2. The van der Waals surface area contributed by atoms with Crippen LogP contribution in [0.4, 0.5) is 8.78 Å². The van der Waals surface area contributed by atoms with Crippen LogP contribution in [0.15, 0.2) is 16.9 Å². The molecular formula is C13H13F2N3O. The van der Waals surface area contributed by atoms with Crippen LogP contribution in [0.5, 0.6) is 0 Å². The van der Waals surface area contributed by atoms with Gasteiger partial charge in [0.2, 0.25) is 5.92 Å². The second kappa shape index (κ2) is 3.43. The van der Waals surface area contributed by atoms with E-state index < -0.39 is 5.92 Å². The summed E-state index contributed by atoms with van der Waals surface area (Å²) in [6, 6.07) is 3.50. The van der Waals surface area contributed by atoms with E-state index in [1.54, 1.807) is 6.07 Å². The molecule has 0 atom stereocenters. The summed E-state index contributed by atoms with van der Waals surface area (Å²) < 4.78 is 27.1. The summed E-state index contributed by atoms with van der Waals surface area (Å²) in [5.74, 6) is -1.87. The van der Waals surface area contributed by atoms with Crippen LogP contribution in [0.1, 0.15) is 48.9 Å². The molecule has 0 radical (unpaired) electrons. The minimum atomic E-state index is -2.58. The lowest BCUT2D eigenvalue weighted by Gasteiger charge is -2.33. The molecule has 0 amide bonds. The monoisotopic (exact) mass is 265 g/mol. The number of nitrogens with one attached hydrogen (secondary N) is 1. The highest BCUT2D eigenvalue weighted by atomic mass is 19.3. The van der Waals surface area contributed by atoms with Crippen molar-refractivity contribution in [3.63, 3.8) is 0 Å². The predicted octanol–water partition coefficient (Wildman–Crippen LogP) is 2.41. The van der Waals surface area contributed by atoms with Crippen molar-refractivity contribution in [3.8, 4) is 0 Å². The van der Waals surface area contributed by atoms with E-state index in [4.69, 9.17) is 0 Å². The number of hydrogen-bond donors (Lipinski definition) is 1. The Bertz CT molecular complexity index is 706. The summed E-state index contributed by atoms with van der Waals surface area (Å²) in [6.07, 6.45) is 1.86. The van der Waals surface area contributed by atoms with Crippen molar-refractivity contribution in [2.75, 3.05) is 0 Å². The van der Waals surface area contributed by atoms with Gasteiger partial charge in [-0.3, -0.25) is 9.89 Å². The van der Waals surface area contributed by atoms with Gasteiger partial charge in [0.05, 0.1) is 0 Å².